The number of benzene rings is 1. The summed E-state index contributed by atoms with van der Waals surface area (Å²) < 4.78 is 13.0. The van der Waals surface area contributed by atoms with Crippen LogP contribution in [0.3, 0.4) is 0 Å². The van der Waals surface area contributed by atoms with Crippen molar-refractivity contribution in [3.05, 3.63) is 46.2 Å². The number of nitrogens with zero attached hydrogens (tertiary/aromatic N) is 6. The average molecular weight is 360 g/mol. The van der Waals surface area contributed by atoms with Gasteiger partial charge in [0, 0.05) is 30.5 Å². The second-order valence-corrected chi connectivity index (χ2v) is 6.52. The van der Waals surface area contributed by atoms with Crippen LogP contribution in [-0.2, 0) is 17.8 Å². The van der Waals surface area contributed by atoms with Gasteiger partial charge in [-0.15, -0.1) is 21.5 Å². The summed E-state index contributed by atoms with van der Waals surface area (Å²) in [4.78, 5) is 20.5. The van der Waals surface area contributed by atoms with Crippen LogP contribution in [0, 0.1) is 12.7 Å². The standard InChI is InChI=1S/C16H17FN6OS/c1-11-14(25-10-18-11)7-8-22(2)15(24)9-23-20-16(19-21-23)12-3-5-13(17)6-4-12/h3-6,10H,7-9H2,1-2H3. The SMILES string of the molecule is Cc1ncsc1CCN(C)C(=O)Cn1nnc(-c2ccc(F)cc2)n1. The normalized spacial score (nSPS) is 10.8. The topological polar surface area (TPSA) is 76.8 Å². The number of thiazole rings is 1. The second kappa shape index (κ2) is 7.47. The zero-order valence-electron chi connectivity index (χ0n) is 13.9. The number of amides is 1. The minimum Gasteiger partial charge on any atom is -0.344 e. The van der Waals surface area contributed by atoms with Crippen molar-refractivity contribution >= 4 is 17.2 Å². The summed E-state index contributed by atoms with van der Waals surface area (Å²) in [5.74, 6) is -0.0786. The number of rotatable bonds is 6. The Balaban J connectivity index is 1.57. The molecule has 0 aliphatic heterocycles. The minimum absolute atomic E-state index is 0.00632. The van der Waals surface area contributed by atoms with Crippen LogP contribution in [0.1, 0.15) is 10.6 Å². The van der Waals surface area contributed by atoms with Crippen LogP contribution in [0.4, 0.5) is 4.39 Å². The molecule has 3 aromatic rings. The first-order chi connectivity index (χ1) is 12.0. The van der Waals surface area contributed by atoms with E-state index in [1.54, 1.807) is 35.4 Å². The highest BCUT2D eigenvalue weighted by molar-refractivity contribution is 7.09. The molecular formula is C16H17FN6OS. The van der Waals surface area contributed by atoms with E-state index in [1.807, 2.05) is 12.4 Å². The zero-order chi connectivity index (χ0) is 17.8. The van der Waals surface area contributed by atoms with Crippen LogP contribution in [0.15, 0.2) is 29.8 Å². The molecule has 130 valence electrons. The molecule has 2 heterocycles. The van der Waals surface area contributed by atoms with Gasteiger partial charge < -0.3 is 4.90 Å². The number of halogens is 1. The van der Waals surface area contributed by atoms with Crippen molar-refractivity contribution in [3.8, 4) is 11.4 Å². The van der Waals surface area contributed by atoms with Gasteiger partial charge in [0.25, 0.3) is 0 Å². The van der Waals surface area contributed by atoms with E-state index in [4.69, 9.17) is 0 Å². The highest BCUT2D eigenvalue weighted by atomic mass is 32.1. The molecule has 0 bridgehead atoms. The molecule has 0 N–H and O–H groups in total. The Labute approximate surface area is 148 Å². The first-order valence-corrected chi connectivity index (χ1v) is 8.57. The maximum atomic E-state index is 13.0. The summed E-state index contributed by atoms with van der Waals surface area (Å²) in [6.07, 6.45) is 0.768. The molecule has 3 rings (SSSR count). The minimum atomic E-state index is -0.330. The Morgan fingerprint density at radius 1 is 1.32 bits per heavy atom. The molecular weight excluding hydrogens is 343 g/mol. The Hall–Kier alpha value is -2.68. The number of aryl methyl sites for hydroxylation is 1. The van der Waals surface area contributed by atoms with E-state index >= 15 is 0 Å². The van der Waals surface area contributed by atoms with Crippen molar-refractivity contribution in [2.75, 3.05) is 13.6 Å². The lowest BCUT2D eigenvalue weighted by atomic mass is 10.2. The molecule has 0 aliphatic carbocycles. The molecule has 0 radical (unpaired) electrons. The lowest BCUT2D eigenvalue weighted by molar-refractivity contribution is -0.130. The largest absolute Gasteiger partial charge is 0.344 e. The van der Waals surface area contributed by atoms with E-state index in [0.29, 0.717) is 17.9 Å². The molecule has 1 aromatic carbocycles. The van der Waals surface area contributed by atoms with Gasteiger partial charge in [0.1, 0.15) is 12.4 Å². The molecule has 0 spiro atoms. The lowest BCUT2D eigenvalue weighted by Crippen LogP contribution is -2.32. The van der Waals surface area contributed by atoms with Gasteiger partial charge in [-0.3, -0.25) is 4.79 Å². The quantitative estimate of drug-likeness (QED) is 0.671. The summed E-state index contributed by atoms with van der Waals surface area (Å²) in [7, 11) is 1.75. The van der Waals surface area contributed by atoms with Crippen molar-refractivity contribution in [2.24, 2.45) is 0 Å². The third-order valence-corrected chi connectivity index (χ3v) is 4.77. The second-order valence-electron chi connectivity index (χ2n) is 5.58. The molecule has 7 nitrogen and oxygen atoms in total. The van der Waals surface area contributed by atoms with Crippen LogP contribution < -0.4 is 0 Å². The summed E-state index contributed by atoms with van der Waals surface area (Å²) in [5.41, 5.74) is 3.46. The number of hydrogen-bond donors (Lipinski definition) is 0. The maximum Gasteiger partial charge on any atom is 0.245 e. The van der Waals surface area contributed by atoms with Crippen molar-refractivity contribution in [1.29, 1.82) is 0 Å². The molecule has 0 saturated carbocycles. The third-order valence-electron chi connectivity index (χ3n) is 3.78. The van der Waals surface area contributed by atoms with Gasteiger partial charge in [0.05, 0.1) is 11.2 Å². The number of aromatic nitrogens is 5. The van der Waals surface area contributed by atoms with E-state index < -0.39 is 0 Å². The first kappa shape index (κ1) is 17.2. The Bertz CT molecular complexity index is 860. The molecule has 0 fully saturated rings. The highest BCUT2D eigenvalue weighted by Gasteiger charge is 2.14. The van der Waals surface area contributed by atoms with Gasteiger partial charge in [0.15, 0.2) is 0 Å². The van der Waals surface area contributed by atoms with Crippen LogP contribution in [0.25, 0.3) is 11.4 Å². The Morgan fingerprint density at radius 3 is 2.76 bits per heavy atom. The number of likely N-dealkylation sites (N-methyl/N-ethyl adjacent to an activating group) is 1. The molecule has 25 heavy (non-hydrogen) atoms. The Kier molecular flexibility index (Phi) is 5.13. The van der Waals surface area contributed by atoms with Crippen LogP contribution in [0.2, 0.25) is 0 Å². The maximum absolute atomic E-state index is 13.0. The summed E-state index contributed by atoms with van der Waals surface area (Å²) in [6.45, 7) is 2.57. The fourth-order valence-electron chi connectivity index (χ4n) is 2.23. The molecule has 0 atom stereocenters. The van der Waals surface area contributed by atoms with Crippen molar-refractivity contribution in [2.45, 2.75) is 19.9 Å². The zero-order valence-corrected chi connectivity index (χ0v) is 14.7. The highest BCUT2D eigenvalue weighted by Crippen LogP contribution is 2.14. The van der Waals surface area contributed by atoms with E-state index in [-0.39, 0.29) is 18.3 Å². The van der Waals surface area contributed by atoms with Crippen molar-refractivity contribution in [1.82, 2.24) is 30.1 Å². The monoisotopic (exact) mass is 360 g/mol. The van der Waals surface area contributed by atoms with Gasteiger partial charge in [-0.05, 0) is 36.4 Å². The molecule has 0 saturated heterocycles. The predicted molar refractivity (Wildman–Crippen MR) is 91.4 cm³/mol. The number of tetrazole rings is 1. The smallest absolute Gasteiger partial charge is 0.245 e. The number of carbonyl (C=O) groups is 1. The lowest BCUT2D eigenvalue weighted by Gasteiger charge is -2.16. The molecule has 2 aromatic heterocycles. The predicted octanol–water partition coefficient (Wildman–Crippen LogP) is 1.95. The van der Waals surface area contributed by atoms with Gasteiger partial charge in [-0.2, -0.15) is 4.80 Å². The molecule has 0 unspecified atom stereocenters. The van der Waals surface area contributed by atoms with Crippen molar-refractivity contribution < 1.29 is 9.18 Å². The van der Waals surface area contributed by atoms with E-state index in [0.717, 1.165) is 12.1 Å². The number of carbonyl (C=O) groups excluding carboxylic acids is 1. The number of hydrogen-bond acceptors (Lipinski definition) is 6. The van der Waals surface area contributed by atoms with Crippen LogP contribution in [0.5, 0.6) is 0 Å². The van der Waals surface area contributed by atoms with Crippen LogP contribution in [-0.4, -0.2) is 49.6 Å². The molecule has 1 amide bonds. The first-order valence-electron chi connectivity index (χ1n) is 7.69. The van der Waals surface area contributed by atoms with Gasteiger partial charge in [0.2, 0.25) is 11.7 Å². The molecule has 9 heteroatoms. The van der Waals surface area contributed by atoms with E-state index in [2.05, 4.69) is 20.4 Å². The van der Waals surface area contributed by atoms with E-state index in [9.17, 15) is 9.18 Å². The van der Waals surface area contributed by atoms with E-state index in [1.165, 1.54) is 21.8 Å². The van der Waals surface area contributed by atoms with Crippen LogP contribution >= 0.6 is 11.3 Å². The fraction of sp³-hybridized carbons (Fsp3) is 0.312. The summed E-state index contributed by atoms with van der Waals surface area (Å²) in [6, 6.07) is 5.80. The van der Waals surface area contributed by atoms with Gasteiger partial charge in [-0.1, -0.05) is 0 Å². The Morgan fingerprint density at radius 2 is 2.08 bits per heavy atom. The fourth-order valence-corrected chi connectivity index (χ4v) is 3.00. The third kappa shape index (κ3) is 4.24. The average Bonchev–Trinajstić information content (AvgIpc) is 3.22. The van der Waals surface area contributed by atoms with Gasteiger partial charge >= 0.3 is 0 Å². The summed E-state index contributed by atoms with van der Waals surface area (Å²) in [5, 5.41) is 12.0. The molecule has 0 aliphatic rings. The van der Waals surface area contributed by atoms with Crippen molar-refractivity contribution in [3.63, 3.8) is 0 Å². The van der Waals surface area contributed by atoms with Gasteiger partial charge in [-0.25, -0.2) is 9.37 Å². The summed E-state index contributed by atoms with van der Waals surface area (Å²) >= 11 is 1.59.